The molecule has 2 aliphatic heterocycles. The summed E-state index contributed by atoms with van der Waals surface area (Å²) in [5.74, 6) is 1.03. The molecule has 2 heterocycles. The summed E-state index contributed by atoms with van der Waals surface area (Å²) in [7, 11) is 0. The minimum Gasteiger partial charge on any atom is -0.454 e. The summed E-state index contributed by atoms with van der Waals surface area (Å²) in [4.78, 5) is 38.5. The van der Waals surface area contributed by atoms with Crippen molar-refractivity contribution in [3.8, 4) is 11.5 Å². The summed E-state index contributed by atoms with van der Waals surface area (Å²) in [5, 5.41) is 2.58. The number of benzene rings is 1. The summed E-state index contributed by atoms with van der Waals surface area (Å²) in [6, 6.07) is 5.62. The number of rotatable bonds is 5. The van der Waals surface area contributed by atoms with Crippen LogP contribution in [-0.4, -0.2) is 60.5 Å². The fourth-order valence-electron chi connectivity index (χ4n) is 2.85. The Morgan fingerprint density at radius 1 is 1.20 bits per heavy atom. The largest absolute Gasteiger partial charge is 0.454 e. The van der Waals surface area contributed by atoms with E-state index in [2.05, 4.69) is 5.32 Å². The summed E-state index contributed by atoms with van der Waals surface area (Å²) >= 11 is 0. The van der Waals surface area contributed by atoms with Crippen LogP contribution in [0, 0.1) is 0 Å². The van der Waals surface area contributed by atoms with Crippen LogP contribution in [-0.2, 0) is 20.9 Å². The fraction of sp³-hybridized carbons (Fsp3) is 0.471. The molecule has 0 aromatic heterocycles. The molecule has 0 bridgehead atoms. The van der Waals surface area contributed by atoms with Gasteiger partial charge in [0.05, 0.1) is 6.54 Å². The van der Waals surface area contributed by atoms with Crippen molar-refractivity contribution in [2.45, 2.75) is 19.9 Å². The summed E-state index contributed by atoms with van der Waals surface area (Å²) in [5.41, 5.74) is 0.961. The Labute approximate surface area is 145 Å². The van der Waals surface area contributed by atoms with Gasteiger partial charge in [-0.3, -0.25) is 14.4 Å². The molecule has 0 spiro atoms. The first-order chi connectivity index (χ1) is 12.0. The Balaban J connectivity index is 1.51. The molecule has 1 aromatic carbocycles. The van der Waals surface area contributed by atoms with Gasteiger partial charge in [0.15, 0.2) is 11.5 Å². The van der Waals surface area contributed by atoms with Crippen LogP contribution in [0.4, 0.5) is 0 Å². The molecule has 3 amide bonds. The van der Waals surface area contributed by atoms with Crippen LogP contribution in [0.1, 0.15) is 18.9 Å². The molecule has 1 fully saturated rings. The van der Waals surface area contributed by atoms with Gasteiger partial charge >= 0.3 is 0 Å². The SMILES string of the molecule is CC(=O)NCCC(=O)N1CCN(Cc2ccc3c(c2)OCO3)C(=O)C1. The van der Waals surface area contributed by atoms with E-state index in [-0.39, 0.29) is 37.5 Å². The highest BCUT2D eigenvalue weighted by atomic mass is 16.7. The Morgan fingerprint density at radius 2 is 2.00 bits per heavy atom. The third-order valence-electron chi connectivity index (χ3n) is 4.19. The van der Waals surface area contributed by atoms with E-state index in [0.29, 0.717) is 37.7 Å². The van der Waals surface area contributed by atoms with Gasteiger partial charge in [-0.25, -0.2) is 0 Å². The molecular formula is C17H21N3O5. The summed E-state index contributed by atoms with van der Waals surface area (Å²) < 4.78 is 10.6. The number of ether oxygens (including phenoxy) is 2. The fourth-order valence-corrected chi connectivity index (χ4v) is 2.85. The number of carbonyl (C=O) groups excluding carboxylic acids is 3. The first kappa shape index (κ1) is 17.1. The van der Waals surface area contributed by atoms with Gasteiger partial charge < -0.3 is 24.6 Å². The predicted octanol–water partition coefficient (Wildman–Crippen LogP) is 0.112. The van der Waals surface area contributed by atoms with Crippen molar-refractivity contribution >= 4 is 17.7 Å². The van der Waals surface area contributed by atoms with Crippen LogP contribution in [0.15, 0.2) is 18.2 Å². The number of hydrogen-bond donors (Lipinski definition) is 1. The number of fused-ring (bicyclic) bond motifs is 1. The average Bonchev–Trinajstić information content (AvgIpc) is 3.04. The van der Waals surface area contributed by atoms with Crippen LogP contribution in [0.3, 0.4) is 0 Å². The highest BCUT2D eigenvalue weighted by molar-refractivity contribution is 5.86. The molecule has 25 heavy (non-hydrogen) atoms. The number of amides is 3. The standard InChI is InChI=1S/C17H21N3O5/c1-12(21)18-5-4-16(22)20-7-6-19(17(23)10-20)9-13-2-3-14-15(8-13)25-11-24-14/h2-3,8H,4-7,9-11H2,1H3,(H,18,21). The van der Waals surface area contributed by atoms with Crippen LogP contribution in [0.2, 0.25) is 0 Å². The lowest BCUT2D eigenvalue weighted by Crippen LogP contribution is -2.52. The van der Waals surface area contributed by atoms with E-state index < -0.39 is 0 Å². The average molecular weight is 347 g/mol. The Kier molecular flexibility index (Phi) is 5.06. The highest BCUT2D eigenvalue weighted by Gasteiger charge is 2.27. The molecule has 1 saturated heterocycles. The lowest BCUT2D eigenvalue weighted by atomic mass is 10.1. The smallest absolute Gasteiger partial charge is 0.242 e. The van der Waals surface area contributed by atoms with E-state index in [1.807, 2.05) is 18.2 Å². The maximum atomic E-state index is 12.3. The maximum absolute atomic E-state index is 12.3. The lowest BCUT2D eigenvalue weighted by Gasteiger charge is -2.34. The number of piperazine rings is 1. The zero-order chi connectivity index (χ0) is 17.8. The van der Waals surface area contributed by atoms with Gasteiger partial charge in [-0.15, -0.1) is 0 Å². The van der Waals surface area contributed by atoms with E-state index >= 15 is 0 Å². The molecule has 8 heteroatoms. The van der Waals surface area contributed by atoms with Gasteiger partial charge in [-0.1, -0.05) is 6.07 Å². The second kappa shape index (κ2) is 7.42. The van der Waals surface area contributed by atoms with Gasteiger partial charge in [0.1, 0.15) is 0 Å². The van der Waals surface area contributed by atoms with E-state index in [0.717, 1.165) is 5.56 Å². The monoisotopic (exact) mass is 347 g/mol. The van der Waals surface area contributed by atoms with Crippen LogP contribution >= 0.6 is 0 Å². The zero-order valence-electron chi connectivity index (χ0n) is 14.1. The molecule has 0 saturated carbocycles. The minimum absolute atomic E-state index is 0.0729. The second-order valence-electron chi connectivity index (χ2n) is 6.05. The van der Waals surface area contributed by atoms with Crippen molar-refractivity contribution in [3.63, 3.8) is 0 Å². The van der Waals surface area contributed by atoms with Crippen molar-refractivity contribution in [2.24, 2.45) is 0 Å². The number of nitrogens with one attached hydrogen (secondary N) is 1. The van der Waals surface area contributed by atoms with Crippen LogP contribution < -0.4 is 14.8 Å². The first-order valence-electron chi connectivity index (χ1n) is 8.21. The Morgan fingerprint density at radius 3 is 2.76 bits per heavy atom. The number of nitrogens with zero attached hydrogens (tertiary/aromatic N) is 2. The van der Waals surface area contributed by atoms with E-state index in [1.165, 1.54) is 6.92 Å². The van der Waals surface area contributed by atoms with Crippen LogP contribution in [0.5, 0.6) is 11.5 Å². The van der Waals surface area contributed by atoms with Crippen LogP contribution in [0.25, 0.3) is 0 Å². The third-order valence-corrected chi connectivity index (χ3v) is 4.19. The molecule has 1 N–H and O–H groups in total. The molecule has 2 aliphatic rings. The molecule has 8 nitrogen and oxygen atoms in total. The van der Waals surface area contributed by atoms with Crippen molar-refractivity contribution < 1.29 is 23.9 Å². The lowest BCUT2D eigenvalue weighted by molar-refractivity contribution is -0.145. The topological polar surface area (TPSA) is 88.2 Å². The normalized spacial score (nSPS) is 16.1. The van der Waals surface area contributed by atoms with E-state index in [9.17, 15) is 14.4 Å². The Hall–Kier alpha value is -2.77. The maximum Gasteiger partial charge on any atom is 0.242 e. The highest BCUT2D eigenvalue weighted by Crippen LogP contribution is 2.32. The Bertz CT molecular complexity index is 691. The molecule has 0 aliphatic carbocycles. The van der Waals surface area contributed by atoms with Crippen molar-refractivity contribution in [1.29, 1.82) is 0 Å². The summed E-state index contributed by atoms with van der Waals surface area (Å²) in [6.07, 6.45) is 0.203. The van der Waals surface area contributed by atoms with Crippen molar-refractivity contribution in [3.05, 3.63) is 23.8 Å². The predicted molar refractivity (Wildman–Crippen MR) is 87.9 cm³/mol. The molecule has 3 rings (SSSR count). The summed E-state index contributed by atoms with van der Waals surface area (Å²) in [6.45, 7) is 3.45. The molecule has 0 radical (unpaired) electrons. The zero-order valence-corrected chi connectivity index (χ0v) is 14.1. The number of hydrogen-bond acceptors (Lipinski definition) is 5. The van der Waals surface area contributed by atoms with Gasteiger partial charge in [0.25, 0.3) is 0 Å². The third kappa shape index (κ3) is 4.20. The quantitative estimate of drug-likeness (QED) is 0.817. The minimum atomic E-state index is -0.169. The van der Waals surface area contributed by atoms with Gasteiger partial charge in [0.2, 0.25) is 24.5 Å². The van der Waals surface area contributed by atoms with Crippen molar-refractivity contribution in [2.75, 3.05) is 33.0 Å². The first-order valence-corrected chi connectivity index (χ1v) is 8.21. The number of carbonyl (C=O) groups is 3. The second-order valence-corrected chi connectivity index (χ2v) is 6.05. The van der Waals surface area contributed by atoms with E-state index in [4.69, 9.17) is 9.47 Å². The van der Waals surface area contributed by atoms with E-state index in [1.54, 1.807) is 9.80 Å². The molecular weight excluding hydrogens is 326 g/mol. The van der Waals surface area contributed by atoms with Gasteiger partial charge in [-0.2, -0.15) is 0 Å². The van der Waals surface area contributed by atoms with Crippen molar-refractivity contribution in [1.82, 2.24) is 15.1 Å². The molecule has 0 atom stereocenters. The van der Waals surface area contributed by atoms with Gasteiger partial charge in [-0.05, 0) is 17.7 Å². The molecule has 1 aromatic rings. The molecule has 134 valence electrons. The van der Waals surface area contributed by atoms with Gasteiger partial charge in [0, 0.05) is 39.5 Å². The molecule has 0 unspecified atom stereocenters.